The summed E-state index contributed by atoms with van der Waals surface area (Å²) in [5.41, 5.74) is 11.6. The van der Waals surface area contributed by atoms with Crippen molar-refractivity contribution in [1.82, 2.24) is 39.9 Å². The number of hydrogen-bond acceptors (Lipinski definition) is 8. The molecule has 0 radical (unpaired) electrons. The van der Waals surface area contributed by atoms with Crippen molar-refractivity contribution < 1.29 is 0 Å². The SMILES string of the molecule is CC(C)(C)c1cccc(-c2ccccc2-c2nc(-c3ccccc3-c3cccc(-c4ccccn4)n3)nc(-c3ccccc3-c3cccc(-c4ccccn4)n3)n2)n1. The second kappa shape index (κ2) is 15.5. The molecule has 0 spiro atoms. The summed E-state index contributed by atoms with van der Waals surface area (Å²) in [6.07, 6.45) is 3.56. The van der Waals surface area contributed by atoms with Crippen LogP contribution in [0.1, 0.15) is 26.5 Å². The largest absolute Gasteiger partial charge is 0.255 e. The molecule has 3 aromatic carbocycles. The quantitative estimate of drug-likeness (QED) is 0.151. The van der Waals surface area contributed by atoms with Crippen molar-refractivity contribution in [1.29, 1.82) is 0 Å². The molecule has 0 saturated heterocycles. The van der Waals surface area contributed by atoms with Crippen LogP contribution in [0.25, 0.3) is 90.7 Å². The van der Waals surface area contributed by atoms with Crippen molar-refractivity contribution in [2.75, 3.05) is 0 Å². The van der Waals surface area contributed by atoms with Gasteiger partial charge in [0, 0.05) is 56.9 Å². The number of benzene rings is 3. The highest BCUT2D eigenvalue weighted by atomic mass is 15.0. The van der Waals surface area contributed by atoms with Crippen LogP contribution in [0.4, 0.5) is 0 Å². The van der Waals surface area contributed by atoms with E-state index in [1.165, 1.54) is 0 Å². The first-order chi connectivity index (χ1) is 28.4. The molecule has 6 aromatic heterocycles. The average Bonchev–Trinajstić information content (AvgIpc) is 3.29. The maximum atomic E-state index is 5.27. The molecule has 9 aromatic rings. The summed E-state index contributed by atoms with van der Waals surface area (Å²) in [5, 5.41) is 0. The molecule has 0 amide bonds. The topological polar surface area (TPSA) is 103 Å². The summed E-state index contributed by atoms with van der Waals surface area (Å²) in [5.74, 6) is 1.54. The summed E-state index contributed by atoms with van der Waals surface area (Å²) in [6.45, 7) is 6.52. The lowest BCUT2D eigenvalue weighted by Crippen LogP contribution is -2.13. The number of pyridine rings is 5. The number of nitrogens with zero attached hydrogens (tertiary/aromatic N) is 8. The molecule has 0 aliphatic carbocycles. The first-order valence-electron chi connectivity index (χ1n) is 19.2. The smallest absolute Gasteiger partial charge is 0.164 e. The predicted molar refractivity (Wildman–Crippen MR) is 231 cm³/mol. The molecule has 278 valence electrons. The van der Waals surface area contributed by atoms with Crippen LogP contribution in [0.2, 0.25) is 0 Å². The van der Waals surface area contributed by atoms with Crippen molar-refractivity contribution in [3.8, 4) is 90.7 Å². The van der Waals surface area contributed by atoms with E-state index in [0.717, 1.165) is 78.9 Å². The van der Waals surface area contributed by atoms with Gasteiger partial charge in [0.1, 0.15) is 0 Å². The normalized spacial score (nSPS) is 11.4. The van der Waals surface area contributed by atoms with E-state index in [9.17, 15) is 0 Å². The van der Waals surface area contributed by atoms with E-state index >= 15 is 0 Å². The van der Waals surface area contributed by atoms with Crippen LogP contribution in [0.3, 0.4) is 0 Å². The third-order valence-corrected chi connectivity index (χ3v) is 9.84. The summed E-state index contributed by atoms with van der Waals surface area (Å²) in [6, 6.07) is 54.2. The van der Waals surface area contributed by atoms with E-state index in [2.05, 4.69) is 67.1 Å². The average molecular weight is 751 g/mol. The highest BCUT2D eigenvalue weighted by molar-refractivity contribution is 5.85. The second-order valence-electron chi connectivity index (χ2n) is 14.8. The minimum atomic E-state index is -0.129. The van der Waals surface area contributed by atoms with Gasteiger partial charge in [-0.25, -0.2) is 24.9 Å². The van der Waals surface area contributed by atoms with Gasteiger partial charge in [0.15, 0.2) is 17.5 Å². The Bertz CT molecular complexity index is 2740. The van der Waals surface area contributed by atoms with Gasteiger partial charge in [-0.2, -0.15) is 0 Å². The first-order valence-corrected chi connectivity index (χ1v) is 19.2. The zero-order chi connectivity index (χ0) is 39.5. The summed E-state index contributed by atoms with van der Waals surface area (Å²) in [7, 11) is 0. The molecule has 0 atom stereocenters. The molecule has 0 bridgehead atoms. The highest BCUT2D eigenvalue weighted by Gasteiger charge is 2.22. The standard InChI is InChI=1S/C50H38N8/c1-50(2,3)46-30-16-27-41(55-46)35-19-6-9-22-38(35)49-57-47(36-20-7-4-17-33(36)39-25-14-28-44(53-39)42-23-10-12-31-51-42)56-48(58-49)37-21-8-5-18-34(37)40-26-15-29-45(54-40)43-24-11-13-32-52-43/h4-32H,1-3H3. The zero-order valence-corrected chi connectivity index (χ0v) is 32.3. The summed E-state index contributed by atoms with van der Waals surface area (Å²) in [4.78, 5) is 40.2. The Balaban J connectivity index is 1.25. The van der Waals surface area contributed by atoms with Gasteiger partial charge in [0.25, 0.3) is 0 Å². The molecule has 0 saturated carbocycles. The zero-order valence-electron chi connectivity index (χ0n) is 32.3. The van der Waals surface area contributed by atoms with Gasteiger partial charge in [-0.1, -0.05) is 124 Å². The molecule has 9 rings (SSSR count). The van der Waals surface area contributed by atoms with E-state index in [4.69, 9.17) is 29.9 Å². The molecular weight excluding hydrogens is 713 g/mol. The molecular formula is C50H38N8. The van der Waals surface area contributed by atoms with Crippen LogP contribution in [-0.4, -0.2) is 39.9 Å². The number of aromatic nitrogens is 8. The number of hydrogen-bond donors (Lipinski definition) is 0. The minimum absolute atomic E-state index is 0.129. The Morgan fingerprint density at radius 3 is 0.983 bits per heavy atom. The van der Waals surface area contributed by atoms with Gasteiger partial charge in [0.05, 0.1) is 39.9 Å². The Kier molecular flexibility index (Phi) is 9.65. The fraction of sp³-hybridized carbons (Fsp3) is 0.0800. The maximum Gasteiger partial charge on any atom is 0.164 e. The van der Waals surface area contributed by atoms with E-state index in [-0.39, 0.29) is 5.41 Å². The van der Waals surface area contributed by atoms with Gasteiger partial charge >= 0.3 is 0 Å². The third-order valence-electron chi connectivity index (χ3n) is 9.84. The molecule has 58 heavy (non-hydrogen) atoms. The van der Waals surface area contributed by atoms with Crippen LogP contribution in [-0.2, 0) is 5.41 Å². The van der Waals surface area contributed by atoms with Crippen LogP contribution >= 0.6 is 0 Å². The first kappa shape index (κ1) is 36.1. The van der Waals surface area contributed by atoms with E-state index in [1.807, 2.05) is 127 Å². The van der Waals surface area contributed by atoms with Crippen LogP contribution < -0.4 is 0 Å². The van der Waals surface area contributed by atoms with Crippen LogP contribution in [0, 0.1) is 0 Å². The lowest BCUT2D eigenvalue weighted by Gasteiger charge is -2.19. The van der Waals surface area contributed by atoms with E-state index < -0.39 is 0 Å². The molecule has 0 fully saturated rings. The van der Waals surface area contributed by atoms with Crippen molar-refractivity contribution in [3.05, 3.63) is 182 Å². The van der Waals surface area contributed by atoms with Crippen LogP contribution in [0.15, 0.2) is 176 Å². The van der Waals surface area contributed by atoms with E-state index in [0.29, 0.717) is 17.5 Å². The third kappa shape index (κ3) is 7.39. The fourth-order valence-corrected chi connectivity index (χ4v) is 6.93. The van der Waals surface area contributed by atoms with Gasteiger partial charge in [-0.15, -0.1) is 0 Å². The molecule has 0 unspecified atom stereocenters. The molecule has 8 nitrogen and oxygen atoms in total. The summed E-state index contributed by atoms with van der Waals surface area (Å²) < 4.78 is 0. The Hall–Kier alpha value is -7.58. The van der Waals surface area contributed by atoms with Crippen molar-refractivity contribution in [2.45, 2.75) is 26.2 Å². The molecule has 0 aliphatic heterocycles. The Labute approximate surface area is 337 Å². The molecule has 0 aliphatic rings. The summed E-state index contributed by atoms with van der Waals surface area (Å²) >= 11 is 0. The molecule has 6 heterocycles. The van der Waals surface area contributed by atoms with Crippen molar-refractivity contribution in [2.24, 2.45) is 0 Å². The lowest BCUT2D eigenvalue weighted by molar-refractivity contribution is 0.570. The fourth-order valence-electron chi connectivity index (χ4n) is 6.93. The van der Waals surface area contributed by atoms with Crippen molar-refractivity contribution in [3.63, 3.8) is 0 Å². The number of rotatable bonds is 8. The van der Waals surface area contributed by atoms with Gasteiger partial charge in [-0.05, 0) is 60.7 Å². The van der Waals surface area contributed by atoms with Gasteiger partial charge < -0.3 is 0 Å². The Morgan fingerprint density at radius 1 is 0.276 bits per heavy atom. The van der Waals surface area contributed by atoms with Gasteiger partial charge in [0.2, 0.25) is 0 Å². The lowest BCUT2D eigenvalue weighted by atomic mass is 9.91. The molecule has 8 heteroatoms. The predicted octanol–water partition coefficient (Wildman–Crippen LogP) is 11.5. The Morgan fingerprint density at radius 2 is 0.603 bits per heavy atom. The van der Waals surface area contributed by atoms with Gasteiger partial charge in [-0.3, -0.25) is 15.0 Å². The van der Waals surface area contributed by atoms with Crippen molar-refractivity contribution >= 4 is 0 Å². The monoisotopic (exact) mass is 750 g/mol. The minimum Gasteiger partial charge on any atom is -0.255 e. The molecule has 0 N–H and O–H groups in total. The van der Waals surface area contributed by atoms with Crippen LogP contribution in [0.5, 0.6) is 0 Å². The second-order valence-corrected chi connectivity index (χ2v) is 14.8. The van der Waals surface area contributed by atoms with E-state index in [1.54, 1.807) is 12.4 Å². The highest BCUT2D eigenvalue weighted by Crippen LogP contribution is 2.37. The maximum absolute atomic E-state index is 5.27.